The average molecular weight is 445 g/mol. The SMILES string of the molecule is CCCCOCCc1cc(N(C)C)ccc1C(=O)O.CN(C)Cc1ccccc1C(=O)O. The minimum absolute atomic E-state index is 0.365. The van der Waals surface area contributed by atoms with Crippen molar-refractivity contribution in [2.45, 2.75) is 32.7 Å². The van der Waals surface area contributed by atoms with Gasteiger partial charge in [0.05, 0.1) is 17.7 Å². The molecule has 0 unspecified atom stereocenters. The van der Waals surface area contributed by atoms with Gasteiger partial charge >= 0.3 is 11.9 Å². The van der Waals surface area contributed by atoms with Crippen LogP contribution in [0.15, 0.2) is 42.5 Å². The third kappa shape index (κ3) is 9.49. The molecular formula is C25H36N2O5. The monoisotopic (exact) mass is 444 g/mol. The Morgan fingerprint density at radius 1 is 0.875 bits per heavy atom. The van der Waals surface area contributed by atoms with Crippen LogP contribution in [0.5, 0.6) is 0 Å². The lowest BCUT2D eigenvalue weighted by Crippen LogP contribution is -2.13. The second-order valence-electron chi connectivity index (χ2n) is 7.96. The van der Waals surface area contributed by atoms with Gasteiger partial charge in [0.25, 0.3) is 0 Å². The summed E-state index contributed by atoms with van der Waals surface area (Å²) in [7, 11) is 7.71. The van der Waals surface area contributed by atoms with Gasteiger partial charge in [-0.15, -0.1) is 0 Å². The molecule has 2 rings (SSSR count). The fraction of sp³-hybridized carbons (Fsp3) is 0.440. The van der Waals surface area contributed by atoms with Gasteiger partial charge in [0.1, 0.15) is 0 Å². The van der Waals surface area contributed by atoms with Crippen molar-refractivity contribution < 1.29 is 24.5 Å². The minimum Gasteiger partial charge on any atom is -0.478 e. The van der Waals surface area contributed by atoms with Crippen LogP contribution >= 0.6 is 0 Å². The molecule has 0 aliphatic heterocycles. The molecule has 176 valence electrons. The van der Waals surface area contributed by atoms with Crippen LogP contribution in [0, 0.1) is 0 Å². The number of hydrogen-bond donors (Lipinski definition) is 2. The maximum absolute atomic E-state index is 11.2. The summed E-state index contributed by atoms with van der Waals surface area (Å²) in [6, 6.07) is 12.5. The molecule has 0 aliphatic carbocycles. The van der Waals surface area contributed by atoms with Crippen molar-refractivity contribution >= 4 is 17.6 Å². The Labute approximate surface area is 191 Å². The van der Waals surface area contributed by atoms with Gasteiger partial charge in [-0.2, -0.15) is 0 Å². The van der Waals surface area contributed by atoms with Crippen LogP contribution in [0.3, 0.4) is 0 Å². The van der Waals surface area contributed by atoms with Gasteiger partial charge in [0.2, 0.25) is 0 Å². The Hall–Kier alpha value is -2.90. The number of rotatable bonds is 11. The number of carbonyl (C=O) groups is 2. The number of ether oxygens (including phenoxy) is 1. The smallest absolute Gasteiger partial charge is 0.336 e. The number of anilines is 1. The van der Waals surface area contributed by atoms with Gasteiger partial charge in [-0.05, 0) is 62.3 Å². The van der Waals surface area contributed by atoms with Crippen LogP contribution in [0.4, 0.5) is 5.69 Å². The van der Waals surface area contributed by atoms with E-state index in [1.165, 1.54) is 0 Å². The molecular weight excluding hydrogens is 408 g/mol. The number of carboxylic acids is 2. The summed E-state index contributed by atoms with van der Waals surface area (Å²) >= 11 is 0. The fourth-order valence-corrected chi connectivity index (χ4v) is 3.01. The lowest BCUT2D eigenvalue weighted by atomic mass is 10.0. The highest BCUT2D eigenvalue weighted by Crippen LogP contribution is 2.19. The van der Waals surface area contributed by atoms with Crippen molar-refractivity contribution in [1.29, 1.82) is 0 Å². The maximum Gasteiger partial charge on any atom is 0.336 e. The Kier molecular flexibility index (Phi) is 12.1. The molecule has 0 atom stereocenters. The second kappa shape index (κ2) is 14.2. The van der Waals surface area contributed by atoms with E-state index in [-0.39, 0.29) is 0 Å². The normalized spacial score (nSPS) is 10.4. The molecule has 0 amide bonds. The van der Waals surface area contributed by atoms with Crippen molar-refractivity contribution in [2.24, 2.45) is 0 Å². The zero-order valence-electron chi connectivity index (χ0n) is 19.8. The number of nitrogens with zero attached hydrogens (tertiary/aromatic N) is 2. The summed E-state index contributed by atoms with van der Waals surface area (Å²) in [6.07, 6.45) is 2.78. The molecule has 0 saturated heterocycles. The zero-order chi connectivity index (χ0) is 24.1. The summed E-state index contributed by atoms with van der Waals surface area (Å²) in [5.41, 5.74) is 3.43. The van der Waals surface area contributed by atoms with E-state index in [4.69, 9.17) is 9.84 Å². The predicted octanol–water partition coefficient (Wildman–Crippen LogP) is 4.26. The van der Waals surface area contributed by atoms with Gasteiger partial charge in [-0.1, -0.05) is 31.5 Å². The van der Waals surface area contributed by atoms with Crippen LogP contribution in [0.2, 0.25) is 0 Å². The fourth-order valence-electron chi connectivity index (χ4n) is 3.01. The van der Waals surface area contributed by atoms with E-state index in [2.05, 4.69) is 6.92 Å². The van der Waals surface area contributed by atoms with E-state index in [1.807, 2.05) is 62.3 Å². The van der Waals surface area contributed by atoms with Crippen LogP contribution in [-0.2, 0) is 17.7 Å². The number of aromatic carboxylic acids is 2. The molecule has 0 saturated carbocycles. The molecule has 0 radical (unpaired) electrons. The number of unbranched alkanes of at least 4 members (excludes halogenated alkanes) is 1. The first-order chi connectivity index (χ1) is 15.2. The molecule has 0 fully saturated rings. The molecule has 0 aromatic heterocycles. The molecule has 0 bridgehead atoms. The molecule has 2 aromatic rings. The third-order valence-corrected chi connectivity index (χ3v) is 4.73. The first kappa shape index (κ1) is 27.1. The third-order valence-electron chi connectivity index (χ3n) is 4.73. The molecule has 32 heavy (non-hydrogen) atoms. The highest BCUT2D eigenvalue weighted by molar-refractivity contribution is 5.90. The zero-order valence-corrected chi connectivity index (χ0v) is 19.8. The molecule has 2 N–H and O–H groups in total. The number of hydrogen-bond acceptors (Lipinski definition) is 5. The standard InChI is InChI=1S/C15H23NO3.C10H13NO2/c1-4-5-9-19-10-8-12-11-13(16(2)3)6-7-14(12)15(17)18;1-11(2)7-8-5-3-4-6-9(8)10(12)13/h6-7,11H,4-5,8-10H2,1-3H3,(H,17,18);3-6H,7H2,1-2H3,(H,12,13). The summed E-state index contributed by atoms with van der Waals surface area (Å²) in [5, 5.41) is 18.0. The van der Waals surface area contributed by atoms with E-state index in [0.29, 0.717) is 30.7 Å². The van der Waals surface area contributed by atoms with Crippen LogP contribution in [-0.4, -0.2) is 68.5 Å². The van der Waals surface area contributed by atoms with E-state index >= 15 is 0 Å². The lowest BCUT2D eigenvalue weighted by molar-refractivity contribution is 0.0683. The average Bonchev–Trinajstić information content (AvgIpc) is 2.73. The molecule has 0 spiro atoms. The molecule has 2 aromatic carbocycles. The molecule has 7 nitrogen and oxygen atoms in total. The van der Waals surface area contributed by atoms with Gasteiger partial charge < -0.3 is 24.7 Å². The lowest BCUT2D eigenvalue weighted by Gasteiger charge is -2.15. The Morgan fingerprint density at radius 2 is 1.50 bits per heavy atom. The van der Waals surface area contributed by atoms with Crippen molar-refractivity contribution in [3.63, 3.8) is 0 Å². The van der Waals surface area contributed by atoms with Gasteiger partial charge in [0, 0.05) is 32.9 Å². The van der Waals surface area contributed by atoms with Crippen molar-refractivity contribution in [3.8, 4) is 0 Å². The van der Waals surface area contributed by atoms with Crippen molar-refractivity contribution in [2.75, 3.05) is 46.3 Å². The highest BCUT2D eigenvalue weighted by atomic mass is 16.5. The van der Waals surface area contributed by atoms with Crippen molar-refractivity contribution in [1.82, 2.24) is 4.90 Å². The topological polar surface area (TPSA) is 90.3 Å². The predicted molar refractivity (Wildman–Crippen MR) is 128 cm³/mol. The molecule has 0 heterocycles. The van der Waals surface area contributed by atoms with Crippen LogP contribution in [0.25, 0.3) is 0 Å². The van der Waals surface area contributed by atoms with Crippen LogP contribution < -0.4 is 4.90 Å². The molecule has 7 heteroatoms. The van der Waals surface area contributed by atoms with Gasteiger partial charge in [-0.3, -0.25) is 0 Å². The largest absolute Gasteiger partial charge is 0.478 e. The maximum atomic E-state index is 11.2. The minimum atomic E-state index is -0.881. The van der Waals surface area contributed by atoms with Gasteiger partial charge in [0.15, 0.2) is 0 Å². The summed E-state index contributed by atoms with van der Waals surface area (Å²) in [5.74, 6) is -1.74. The Bertz CT molecular complexity index is 865. The van der Waals surface area contributed by atoms with Crippen LogP contribution in [0.1, 0.15) is 51.6 Å². The first-order valence-electron chi connectivity index (χ1n) is 10.7. The van der Waals surface area contributed by atoms with E-state index in [9.17, 15) is 14.7 Å². The van der Waals surface area contributed by atoms with E-state index < -0.39 is 11.9 Å². The van der Waals surface area contributed by atoms with E-state index in [0.717, 1.165) is 36.3 Å². The highest BCUT2D eigenvalue weighted by Gasteiger charge is 2.11. The second-order valence-corrected chi connectivity index (χ2v) is 7.96. The number of carboxylic acid groups (broad SMARTS) is 2. The van der Waals surface area contributed by atoms with Crippen molar-refractivity contribution in [3.05, 3.63) is 64.7 Å². The number of benzene rings is 2. The Morgan fingerprint density at radius 3 is 2.06 bits per heavy atom. The summed E-state index contributed by atoms with van der Waals surface area (Å²) in [4.78, 5) is 25.9. The summed E-state index contributed by atoms with van der Waals surface area (Å²) < 4.78 is 5.51. The molecule has 0 aliphatic rings. The Balaban J connectivity index is 0.000000343. The first-order valence-corrected chi connectivity index (χ1v) is 10.7. The van der Waals surface area contributed by atoms with Gasteiger partial charge in [-0.25, -0.2) is 9.59 Å². The summed E-state index contributed by atoms with van der Waals surface area (Å²) in [6.45, 7) is 4.08. The van der Waals surface area contributed by atoms with E-state index in [1.54, 1.807) is 18.2 Å². The quantitative estimate of drug-likeness (QED) is 0.501.